The number of nitrogens with zero attached hydrogens (tertiary/aromatic N) is 1. The summed E-state index contributed by atoms with van der Waals surface area (Å²) in [6.07, 6.45) is 7.07. The predicted molar refractivity (Wildman–Crippen MR) is 76.1 cm³/mol. The summed E-state index contributed by atoms with van der Waals surface area (Å²) in [6.45, 7) is 8.24. The second-order valence-electron chi connectivity index (χ2n) is 4.78. The van der Waals surface area contributed by atoms with Crippen LogP contribution in [0.4, 0.5) is 0 Å². The van der Waals surface area contributed by atoms with Crippen molar-refractivity contribution in [2.45, 2.75) is 53.0 Å². The van der Waals surface area contributed by atoms with E-state index in [2.05, 4.69) is 24.1 Å². The van der Waals surface area contributed by atoms with Crippen LogP contribution in [0.5, 0.6) is 5.75 Å². The second kappa shape index (κ2) is 8.09. The summed E-state index contributed by atoms with van der Waals surface area (Å²) in [5, 5.41) is 3.45. The molecule has 102 valence electrons. The number of unbranched alkanes of at least 4 members (excludes halogenated alkanes) is 3. The number of methoxy groups -OCH3 is 1. The number of rotatable bonds is 8. The molecule has 0 atom stereocenters. The average Bonchev–Trinajstić information content (AvgIpc) is 2.36. The lowest BCUT2D eigenvalue weighted by Crippen LogP contribution is -2.17. The van der Waals surface area contributed by atoms with Crippen LogP contribution in [0, 0.1) is 13.8 Å². The van der Waals surface area contributed by atoms with E-state index in [1.54, 1.807) is 7.11 Å². The summed E-state index contributed by atoms with van der Waals surface area (Å²) in [5.74, 6) is 0.966. The molecule has 1 aromatic heterocycles. The molecule has 3 heteroatoms. The van der Waals surface area contributed by atoms with Crippen LogP contribution >= 0.6 is 0 Å². The number of nitrogens with one attached hydrogen (secondary N) is 1. The molecule has 0 spiro atoms. The molecule has 0 aromatic carbocycles. The van der Waals surface area contributed by atoms with Crippen LogP contribution in [-0.2, 0) is 6.54 Å². The predicted octanol–water partition coefficient (Wildman–Crippen LogP) is 3.38. The van der Waals surface area contributed by atoms with Crippen molar-refractivity contribution >= 4 is 0 Å². The van der Waals surface area contributed by atoms with E-state index in [1.165, 1.54) is 25.7 Å². The van der Waals surface area contributed by atoms with Crippen LogP contribution < -0.4 is 10.1 Å². The fraction of sp³-hybridized carbons (Fsp3) is 0.667. The Morgan fingerprint density at radius 2 is 2.00 bits per heavy atom. The van der Waals surface area contributed by atoms with Crippen LogP contribution in [0.1, 0.15) is 49.4 Å². The molecule has 1 aromatic rings. The number of hydrogen-bond donors (Lipinski definition) is 1. The van der Waals surface area contributed by atoms with E-state index < -0.39 is 0 Å². The minimum Gasteiger partial charge on any atom is -0.496 e. The monoisotopic (exact) mass is 250 g/mol. The van der Waals surface area contributed by atoms with Crippen molar-refractivity contribution in [3.63, 3.8) is 0 Å². The minimum atomic E-state index is 0.828. The highest BCUT2D eigenvalue weighted by Crippen LogP contribution is 2.23. The molecule has 1 rings (SSSR count). The molecule has 0 bridgehead atoms. The Bertz CT molecular complexity index is 364. The van der Waals surface area contributed by atoms with Crippen molar-refractivity contribution in [2.75, 3.05) is 13.7 Å². The Balaban J connectivity index is 2.43. The smallest absolute Gasteiger partial charge is 0.128 e. The van der Waals surface area contributed by atoms with Gasteiger partial charge in [-0.2, -0.15) is 0 Å². The maximum absolute atomic E-state index is 5.41. The molecular formula is C15H26N2O. The van der Waals surface area contributed by atoms with Crippen molar-refractivity contribution < 1.29 is 4.74 Å². The lowest BCUT2D eigenvalue weighted by molar-refractivity contribution is 0.406. The van der Waals surface area contributed by atoms with Gasteiger partial charge in [0.2, 0.25) is 0 Å². The normalized spacial score (nSPS) is 10.7. The van der Waals surface area contributed by atoms with Gasteiger partial charge in [-0.1, -0.05) is 26.2 Å². The Morgan fingerprint density at radius 1 is 1.22 bits per heavy atom. The quantitative estimate of drug-likeness (QED) is 0.718. The molecule has 0 radical (unpaired) electrons. The molecule has 0 aliphatic carbocycles. The molecule has 18 heavy (non-hydrogen) atoms. The standard InChI is InChI=1S/C15H26N2O/c1-5-6-7-8-9-16-11-14-13(3)15(18-4)12(2)10-17-14/h10,16H,5-9,11H2,1-4H3. The molecule has 0 aliphatic rings. The number of ether oxygens (including phenoxy) is 1. The van der Waals surface area contributed by atoms with Gasteiger partial charge in [-0.25, -0.2) is 0 Å². The summed E-state index contributed by atoms with van der Waals surface area (Å²) in [6, 6.07) is 0. The first-order valence-corrected chi connectivity index (χ1v) is 6.90. The van der Waals surface area contributed by atoms with E-state index in [0.29, 0.717) is 0 Å². The molecule has 0 fully saturated rings. The molecule has 0 unspecified atom stereocenters. The van der Waals surface area contributed by atoms with E-state index in [0.717, 1.165) is 35.7 Å². The third-order valence-corrected chi connectivity index (χ3v) is 3.25. The van der Waals surface area contributed by atoms with E-state index in [4.69, 9.17) is 4.74 Å². The highest BCUT2D eigenvalue weighted by molar-refractivity contribution is 5.40. The lowest BCUT2D eigenvalue weighted by Gasteiger charge is -2.12. The number of aryl methyl sites for hydroxylation is 1. The van der Waals surface area contributed by atoms with Gasteiger partial charge >= 0.3 is 0 Å². The summed E-state index contributed by atoms with van der Waals surface area (Å²) < 4.78 is 5.41. The van der Waals surface area contributed by atoms with Crippen LogP contribution in [0.2, 0.25) is 0 Å². The minimum absolute atomic E-state index is 0.828. The van der Waals surface area contributed by atoms with Gasteiger partial charge in [0.15, 0.2) is 0 Å². The summed E-state index contributed by atoms with van der Waals surface area (Å²) in [7, 11) is 1.72. The van der Waals surface area contributed by atoms with Gasteiger partial charge in [0, 0.05) is 23.9 Å². The number of pyridine rings is 1. The number of aromatic nitrogens is 1. The second-order valence-corrected chi connectivity index (χ2v) is 4.78. The maximum Gasteiger partial charge on any atom is 0.128 e. The molecule has 1 N–H and O–H groups in total. The molecule has 1 heterocycles. The van der Waals surface area contributed by atoms with Crippen molar-refractivity contribution in [2.24, 2.45) is 0 Å². The van der Waals surface area contributed by atoms with E-state index in [-0.39, 0.29) is 0 Å². The molecule has 0 aliphatic heterocycles. The molecule has 0 saturated heterocycles. The Kier molecular flexibility index (Phi) is 6.73. The van der Waals surface area contributed by atoms with Crippen LogP contribution in [0.3, 0.4) is 0 Å². The third kappa shape index (κ3) is 4.30. The first-order chi connectivity index (χ1) is 8.70. The first kappa shape index (κ1) is 15.0. The first-order valence-electron chi connectivity index (χ1n) is 6.90. The Hall–Kier alpha value is -1.09. The Morgan fingerprint density at radius 3 is 2.67 bits per heavy atom. The van der Waals surface area contributed by atoms with Gasteiger partial charge in [0.25, 0.3) is 0 Å². The van der Waals surface area contributed by atoms with Crippen molar-refractivity contribution in [3.05, 3.63) is 23.0 Å². The fourth-order valence-corrected chi connectivity index (χ4v) is 2.13. The molecular weight excluding hydrogens is 224 g/mol. The van der Waals surface area contributed by atoms with Crippen molar-refractivity contribution in [3.8, 4) is 5.75 Å². The lowest BCUT2D eigenvalue weighted by atomic mass is 10.1. The topological polar surface area (TPSA) is 34.2 Å². The maximum atomic E-state index is 5.41. The third-order valence-electron chi connectivity index (χ3n) is 3.25. The van der Waals surface area contributed by atoms with Gasteiger partial charge in [-0.05, 0) is 26.8 Å². The summed E-state index contributed by atoms with van der Waals surface area (Å²) in [5.41, 5.74) is 3.34. The number of hydrogen-bond acceptors (Lipinski definition) is 3. The van der Waals surface area contributed by atoms with Gasteiger partial charge in [0.1, 0.15) is 5.75 Å². The largest absolute Gasteiger partial charge is 0.496 e. The highest BCUT2D eigenvalue weighted by Gasteiger charge is 2.08. The zero-order valence-corrected chi connectivity index (χ0v) is 12.2. The van der Waals surface area contributed by atoms with E-state index >= 15 is 0 Å². The molecule has 0 amide bonds. The van der Waals surface area contributed by atoms with Gasteiger partial charge in [-0.15, -0.1) is 0 Å². The van der Waals surface area contributed by atoms with Crippen molar-refractivity contribution in [1.29, 1.82) is 0 Å². The molecule has 0 saturated carbocycles. The van der Waals surface area contributed by atoms with Crippen LogP contribution in [0.25, 0.3) is 0 Å². The van der Waals surface area contributed by atoms with E-state index in [1.807, 2.05) is 13.1 Å². The van der Waals surface area contributed by atoms with Crippen LogP contribution in [-0.4, -0.2) is 18.6 Å². The Labute approximate surface area is 111 Å². The summed E-state index contributed by atoms with van der Waals surface area (Å²) >= 11 is 0. The highest BCUT2D eigenvalue weighted by atomic mass is 16.5. The SMILES string of the molecule is CCCCCCNCc1ncc(C)c(OC)c1C. The molecule has 3 nitrogen and oxygen atoms in total. The zero-order chi connectivity index (χ0) is 13.4. The summed E-state index contributed by atoms with van der Waals surface area (Å²) in [4.78, 5) is 4.48. The van der Waals surface area contributed by atoms with Gasteiger partial charge in [-0.3, -0.25) is 4.98 Å². The van der Waals surface area contributed by atoms with Gasteiger partial charge < -0.3 is 10.1 Å². The zero-order valence-electron chi connectivity index (χ0n) is 12.2. The fourth-order valence-electron chi connectivity index (χ4n) is 2.13. The van der Waals surface area contributed by atoms with Crippen LogP contribution in [0.15, 0.2) is 6.20 Å². The van der Waals surface area contributed by atoms with Crippen molar-refractivity contribution in [1.82, 2.24) is 10.3 Å². The van der Waals surface area contributed by atoms with E-state index in [9.17, 15) is 0 Å². The average molecular weight is 250 g/mol. The van der Waals surface area contributed by atoms with Gasteiger partial charge in [0.05, 0.1) is 12.8 Å².